The minimum Gasteiger partial charge on any atom is -0.477 e. The number of carbonyl (C=O) groups is 1. The standard InChI is InChI=1S/C15H19NO4S/c17-7-9-20-8-3-6-16-10-12-11-4-1-2-5-13(11)21-14(12)15(18)19/h1-2,4-5,16-17H,3,6-10H2,(H,18,19). The monoisotopic (exact) mass is 309 g/mol. The molecule has 2 aromatic rings. The zero-order chi connectivity index (χ0) is 15.1. The second kappa shape index (κ2) is 8.09. The second-order valence-corrected chi connectivity index (χ2v) is 5.63. The van der Waals surface area contributed by atoms with Crippen LogP contribution in [0.15, 0.2) is 24.3 Å². The van der Waals surface area contributed by atoms with E-state index in [1.54, 1.807) is 0 Å². The number of fused-ring (bicyclic) bond motifs is 1. The van der Waals surface area contributed by atoms with Crippen LogP contribution in [-0.4, -0.2) is 42.5 Å². The number of benzene rings is 1. The predicted molar refractivity (Wildman–Crippen MR) is 83.0 cm³/mol. The SMILES string of the molecule is O=C(O)c1sc2ccccc2c1CNCCCOCCO. The summed E-state index contributed by atoms with van der Waals surface area (Å²) in [6, 6.07) is 7.74. The summed E-state index contributed by atoms with van der Waals surface area (Å²) in [5.74, 6) is -0.876. The number of carboxylic acid groups (broad SMARTS) is 1. The van der Waals surface area contributed by atoms with Crippen molar-refractivity contribution in [3.8, 4) is 0 Å². The van der Waals surface area contributed by atoms with Crippen LogP contribution in [0.5, 0.6) is 0 Å². The third-order valence-corrected chi connectivity index (χ3v) is 4.27. The average molecular weight is 309 g/mol. The largest absolute Gasteiger partial charge is 0.477 e. The van der Waals surface area contributed by atoms with Gasteiger partial charge in [-0.3, -0.25) is 0 Å². The molecule has 6 heteroatoms. The number of hydrogen-bond acceptors (Lipinski definition) is 5. The zero-order valence-corrected chi connectivity index (χ0v) is 12.5. The number of carboxylic acids is 1. The van der Waals surface area contributed by atoms with E-state index in [1.807, 2.05) is 24.3 Å². The molecular formula is C15H19NO4S. The molecule has 0 aliphatic rings. The Bertz CT molecular complexity index is 596. The number of rotatable bonds is 9. The lowest BCUT2D eigenvalue weighted by Crippen LogP contribution is -2.18. The summed E-state index contributed by atoms with van der Waals surface area (Å²) >= 11 is 1.31. The lowest BCUT2D eigenvalue weighted by molar-refractivity contribution is 0.0701. The van der Waals surface area contributed by atoms with Gasteiger partial charge in [0.15, 0.2) is 0 Å². The maximum atomic E-state index is 11.3. The molecule has 1 heterocycles. The van der Waals surface area contributed by atoms with Crippen molar-refractivity contribution in [1.29, 1.82) is 0 Å². The highest BCUT2D eigenvalue weighted by atomic mass is 32.1. The van der Waals surface area contributed by atoms with Gasteiger partial charge in [-0.25, -0.2) is 4.79 Å². The van der Waals surface area contributed by atoms with Gasteiger partial charge < -0.3 is 20.3 Å². The number of aliphatic hydroxyl groups is 1. The average Bonchev–Trinajstić information content (AvgIpc) is 2.85. The molecule has 0 saturated carbocycles. The van der Waals surface area contributed by atoms with E-state index >= 15 is 0 Å². The first-order chi connectivity index (χ1) is 10.2. The highest BCUT2D eigenvalue weighted by Crippen LogP contribution is 2.31. The highest BCUT2D eigenvalue weighted by Gasteiger charge is 2.16. The van der Waals surface area contributed by atoms with Crippen molar-refractivity contribution < 1.29 is 19.7 Å². The fourth-order valence-corrected chi connectivity index (χ4v) is 3.19. The zero-order valence-electron chi connectivity index (χ0n) is 11.7. The van der Waals surface area contributed by atoms with E-state index in [1.165, 1.54) is 11.3 Å². The van der Waals surface area contributed by atoms with E-state index in [9.17, 15) is 9.90 Å². The molecule has 0 unspecified atom stereocenters. The molecule has 21 heavy (non-hydrogen) atoms. The number of ether oxygens (including phenoxy) is 1. The Morgan fingerprint density at radius 3 is 2.86 bits per heavy atom. The van der Waals surface area contributed by atoms with Crippen LogP contribution in [0.25, 0.3) is 10.1 Å². The summed E-state index contributed by atoms with van der Waals surface area (Å²) in [7, 11) is 0. The molecule has 3 N–H and O–H groups in total. The van der Waals surface area contributed by atoms with Gasteiger partial charge in [-0.05, 0) is 30.0 Å². The van der Waals surface area contributed by atoms with Crippen LogP contribution in [0.3, 0.4) is 0 Å². The number of aromatic carboxylic acids is 1. The lowest BCUT2D eigenvalue weighted by Gasteiger charge is -2.06. The van der Waals surface area contributed by atoms with Crippen molar-refractivity contribution in [2.75, 3.05) is 26.4 Å². The summed E-state index contributed by atoms with van der Waals surface area (Å²) in [5, 5.41) is 22.1. The Balaban J connectivity index is 1.94. The first-order valence-electron chi connectivity index (χ1n) is 6.87. The highest BCUT2D eigenvalue weighted by molar-refractivity contribution is 7.21. The van der Waals surface area contributed by atoms with Gasteiger partial charge in [-0.1, -0.05) is 18.2 Å². The number of aliphatic hydroxyl groups excluding tert-OH is 1. The van der Waals surface area contributed by atoms with E-state index in [0.717, 1.165) is 28.6 Å². The maximum absolute atomic E-state index is 11.3. The van der Waals surface area contributed by atoms with Crippen LogP contribution < -0.4 is 5.32 Å². The molecule has 114 valence electrons. The van der Waals surface area contributed by atoms with Gasteiger partial charge in [0.25, 0.3) is 0 Å². The molecule has 0 amide bonds. The van der Waals surface area contributed by atoms with Gasteiger partial charge in [0.2, 0.25) is 0 Å². The van der Waals surface area contributed by atoms with Crippen molar-refractivity contribution in [3.63, 3.8) is 0 Å². The van der Waals surface area contributed by atoms with E-state index in [0.29, 0.717) is 24.6 Å². The normalized spacial score (nSPS) is 11.1. The van der Waals surface area contributed by atoms with Crippen molar-refractivity contribution in [2.45, 2.75) is 13.0 Å². The smallest absolute Gasteiger partial charge is 0.346 e. The van der Waals surface area contributed by atoms with E-state index in [4.69, 9.17) is 9.84 Å². The number of hydrogen-bond donors (Lipinski definition) is 3. The van der Waals surface area contributed by atoms with Gasteiger partial charge in [0, 0.05) is 17.9 Å². The van der Waals surface area contributed by atoms with Crippen molar-refractivity contribution in [2.24, 2.45) is 0 Å². The Hall–Kier alpha value is -1.47. The van der Waals surface area contributed by atoms with Crippen LogP contribution in [0, 0.1) is 0 Å². The third kappa shape index (κ3) is 4.25. The van der Waals surface area contributed by atoms with E-state index < -0.39 is 5.97 Å². The van der Waals surface area contributed by atoms with E-state index in [2.05, 4.69) is 5.32 Å². The number of nitrogens with one attached hydrogen (secondary N) is 1. The molecule has 1 aromatic heterocycles. The first kappa shape index (κ1) is 15.9. The lowest BCUT2D eigenvalue weighted by atomic mass is 10.1. The van der Waals surface area contributed by atoms with E-state index in [-0.39, 0.29) is 6.61 Å². The minimum absolute atomic E-state index is 0.0380. The summed E-state index contributed by atoms with van der Waals surface area (Å²) in [4.78, 5) is 11.7. The number of thiophene rings is 1. The van der Waals surface area contributed by atoms with Crippen molar-refractivity contribution in [1.82, 2.24) is 5.32 Å². The maximum Gasteiger partial charge on any atom is 0.346 e. The molecule has 0 bridgehead atoms. The Morgan fingerprint density at radius 2 is 2.10 bits per heavy atom. The molecule has 0 aliphatic carbocycles. The molecule has 0 radical (unpaired) electrons. The minimum atomic E-state index is -0.876. The molecule has 0 saturated heterocycles. The molecule has 5 nitrogen and oxygen atoms in total. The molecule has 0 spiro atoms. The molecule has 0 fully saturated rings. The van der Waals surface area contributed by atoms with Crippen LogP contribution in [0.1, 0.15) is 21.7 Å². The molecule has 0 aliphatic heterocycles. The Kier molecular flexibility index (Phi) is 6.13. The topological polar surface area (TPSA) is 78.8 Å². The van der Waals surface area contributed by atoms with Gasteiger partial charge in [0.05, 0.1) is 13.2 Å². The molecule has 0 atom stereocenters. The fraction of sp³-hybridized carbons (Fsp3) is 0.400. The molecule has 1 aromatic carbocycles. The fourth-order valence-electron chi connectivity index (χ4n) is 2.13. The van der Waals surface area contributed by atoms with Crippen LogP contribution in [0.2, 0.25) is 0 Å². The summed E-state index contributed by atoms with van der Waals surface area (Å²) in [6.07, 6.45) is 0.824. The van der Waals surface area contributed by atoms with Gasteiger partial charge >= 0.3 is 5.97 Å². The Morgan fingerprint density at radius 1 is 1.29 bits per heavy atom. The summed E-state index contributed by atoms with van der Waals surface area (Å²) in [6.45, 7) is 2.26. The van der Waals surface area contributed by atoms with Crippen LogP contribution in [-0.2, 0) is 11.3 Å². The predicted octanol–water partition coefficient (Wildman–Crippen LogP) is 2.09. The van der Waals surface area contributed by atoms with Crippen LogP contribution >= 0.6 is 11.3 Å². The van der Waals surface area contributed by atoms with Crippen molar-refractivity contribution in [3.05, 3.63) is 34.7 Å². The van der Waals surface area contributed by atoms with Crippen molar-refractivity contribution >= 4 is 27.4 Å². The summed E-state index contributed by atoms with van der Waals surface area (Å²) < 4.78 is 6.17. The van der Waals surface area contributed by atoms with Crippen LogP contribution in [0.4, 0.5) is 0 Å². The first-order valence-corrected chi connectivity index (χ1v) is 7.68. The van der Waals surface area contributed by atoms with Gasteiger partial charge in [0.1, 0.15) is 4.88 Å². The Labute approximate surface area is 127 Å². The quantitative estimate of drug-likeness (QED) is 0.618. The second-order valence-electron chi connectivity index (χ2n) is 4.58. The molecule has 2 rings (SSSR count). The van der Waals surface area contributed by atoms with Gasteiger partial charge in [-0.2, -0.15) is 0 Å². The summed E-state index contributed by atoms with van der Waals surface area (Å²) in [5.41, 5.74) is 0.847. The third-order valence-electron chi connectivity index (χ3n) is 3.07. The molecular weight excluding hydrogens is 290 g/mol. The van der Waals surface area contributed by atoms with Gasteiger partial charge in [-0.15, -0.1) is 11.3 Å².